The molecule has 0 aliphatic rings. The highest BCUT2D eigenvalue weighted by atomic mass is 16.6. The van der Waals surface area contributed by atoms with Crippen molar-refractivity contribution in [1.82, 2.24) is 5.32 Å². The molecule has 5 nitrogen and oxygen atoms in total. The Hall–Kier alpha value is -1.78. The lowest BCUT2D eigenvalue weighted by Gasteiger charge is -2.06. The second-order valence-corrected chi connectivity index (χ2v) is 2.72. The summed E-state index contributed by atoms with van der Waals surface area (Å²) in [6, 6.07) is 0. The second-order valence-electron chi connectivity index (χ2n) is 2.72. The van der Waals surface area contributed by atoms with Crippen molar-refractivity contribution < 1.29 is 19.1 Å². The Morgan fingerprint density at radius 1 is 1.33 bits per heavy atom. The lowest BCUT2D eigenvalue weighted by Crippen LogP contribution is -2.25. The third-order valence-corrected chi connectivity index (χ3v) is 1.29. The zero-order valence-electron chi connectivity index (χ0n) is 8.75. The molecule has 0 aliphatic heterocycles. The van der Waals surface area contributed by atoms with Crippen molar-refractivity contribution in [2.45, 2.75) is 6.92 Å². The summed E-state index contributed by atoms with van der Waals surface area (Å²) >= 11 is 0. The molecule has 0 atom stereocenters. The molecule has 0 saturated carbocycles. The van der Waals surface area contributed by atoms with E-state index < -0.39 is 12.1 Å². The summed E-state index contributed by atoms with van der Waals surface area (Å²) in [5.41, 5.74) is 0.311. The molecule has 0 aliphatic carbocycles. The van der Waals surface area contributed by atoms with Crippen LogP contribution in [0.4, 0.5) is 4.79 Å². The van der Waals surface area contributed by atoms with Crippen LogP contribution in [0.1, 0.15) is 6.92 Å². The molecular formula is C10H15NO4. The molecule has 1 amide bonds. The van der Waals surface area contributed by atoms with Crippen LogP contribution in [0.15, 0.2) is 24.8 Å². The number of esters is 1. The van der Waals surface area contributed by atoms with Crippen LogP contribution in [0.25, 0.3) is 0 Å². The molecule has 0 radical (unpaired) electrons. The summed E-state index contributed by atoms with van der Waals surface area (Å²) in [6.45, 7) is 8.74. The molecule has 0 rings (SSSR count). The number of ether oxygens (including phenoxy) is 2. The van der Waals surface area contributed by atoms with E-state index in [4.69, 9.17) is 4.74 Å². The quantitative estimate of drug-likeness (QED) is 0.309. The molecular weight excluding hydrogens is 198 g/mol. The fraction of sp³-hybridized carbons (Fsp3) is 0.400. The lowest BCUT2D eigenvalue weighted by molar-refractivity contribution is -0.139. The maximum Gasteiger partial charge on any atom is 0.407 e. The van der Waals surface area contributed by atoms with Gasteiger partial charge in [0.2, 0.25) is 0 Å². The van der Waals surface area contributed by atoms with Crippen molar-refractivity contribution in [2.24, 2.45) is 0 Å². The van der Waals surface area contributed by atoms with E-state index >= 15 is 0 Å². The molecule has 0 bridgehead atoms. The van der Waals surface area contributed by atoms with Gasteiger partial charge in [-0.25, -0.2) is 9.59 Å². The van der Waals surface area contributed by atoms with Crippen LogP contribution in [0.2, 0.25) is 0 Å². The van der Waals surface area contributed by atoms with Gasteiger partial charge in [0.05, 0.1) is 0 Å². The van der Waals surface area contributed by atoms with Gasteiger partial charge in [-0.05, 0) is 6.92 Å². The minimum absolute atomic E-state index is 0.0159. The predicted octanol–water partition coefficient (Wildman–Crippen LogP) is 1.02. The Morgan fingerprint density at radius 2 is 1.93 bits per heavy atom. The van der Waals surface area contributed by atoms with E-state index in [1.807, 2.05) is 0 Å². The van der Waals surface area contributed by atoms with E-state index in [1.54, 1.807) is 6.92 Å². The first-order valence-electron chi connectivity index (χ1n) is 4.42. The molecule has 0 aromatic carbocycles. The highest BCUT2D eigenvalue weighted by Crippen LogP contribution is 1.91. The van der Waals surface area contributed by atoms with Crippen LogP contribution in [-0.2, 0) is 14.3 Å². The Kier molecular flexibility index (Phi) is 6.70. The number of amides is 1. The van der Waals surface area contributed by atoms with E-state index in [0.717, 1.165) is 0 Å². The van der Waals surface area contributed by atoms with Crippen molar-refractivity contribution in [2.75, 3.05) is 19.8 Å². The molecule has 0 spiro atoms. The second kappa shape index (κ2) is 7.61. The van der Waals surface area contributed by atoms with Gasteiger partial charge in [-0.1, -0.05) is 12.7 Å². The number of hydrogen-bond acceptors (Lipinski definition) is 4. The van der Waals surface area contributed by atoms with Crippen LogP contribution in [-0.4, -0.2) is 31.8 Å². The average molecular weight is 213 g/mol. The summed E-state index contributed by atoms with van der Waals surface area (Å²) in [7, 11) is 0. The number of hydrogen-bond donors (Lipinski definition) is 1. The third-order valence-electron chi connectivity index (χ3n) is 1.29. The third kappa shape index (κ3) is 7.30. The van der Waals surface area contributed by atoms with Crippen molar-refractivity contribution in [3.05, 3.63) is 24.8 Å². The fourth-order valence-electron chi connectivity index (χ4n) is 0.598. The van der Waals surface area contributed by atoms with E-state index in [1.165, 1.54) is 6.08 Å². The van der Waals surface area contributed by atoms with Gasteiger partial charge < -0.3 is 14.8 Å². The van der Waals surface area contributed by atoms with Crippen LogP contribution >= 0.6 is 0 Å². The van der Waals surface area contributed by atoms with Crippen molar-refractivity contribution >= 4 is 12.1 Å². The summed E-state index contributed by atoms with van der Waals surface area (Å²) in [6.07, 6.45) is 0.962. The largest absolute Gasteiger partial charge is 0.459 e. The zero-order chi connectivity index (χ0) is 11.7. The first kappa shape index (κ1) is 13.2. The van der Waals surface area contributed by atoms with Gasteiger partial charge in [-0.3, -0.25) is 0 Å². The molecule has 0 saturated heterocycles. The Labute approximate surface area is 88.7 Å². The zero-order valence-corrected chi connectivity index (χ0v) is 8.75. The van der Waals surface area contributed by atoms with Gasteiger partial charge in [0.25, 0.3) is 0 Å². The Bertz CT molecular complexity index is 260. The molecule has 5 heteroatoms. The summed E-state index contributed by atoms with van der Waals surface area (Å²) in [5.74, 6) is -0.495. The number of carbonyl (C=O) groups is 2. The first-order valence-corrected chi connectivity index (χ1v) is 4.42. The van der Waals surface area contributed by atoms with Crippen LogP contribution in [0.5, 0.6) is 0 Å². The summed E-state index contributed by atoms with van der Waals surface area (Å²) in [4.78, 5) is 21.7. The van der Waals surface area contributed by atoms with E-state index in [9.17, 15) is 9.59 Å². The molecule has 0 aromatic rings. The van der Waals surface area contributed by atoms with Gasteiger partial charge in [-0.2, -0.15) is 0 Å². The minimum atomic E-state index is -0.568. The van der Waals surface area contributed by atoms with Gasteiger partial charge in [0.15, 0.2) is 0 Å². The maximum atomic E-state index is 10.9. The normalized spacial score (nSPS) is 8.87. The van der Waals surface area contributed by atoms with E-state index in [0.29, 0.717) is 12.1 Å². The SMILES string of the molecule is C=CCNC(=O)OCCOC(=O)C(=C)C. The molecule has 84 valence electrons. The first-order chi connectivity index (χ1) is 7.07. The molecule has 15 heavy (non-hydrogen) atoms. The van der Waals surface area contributed by atoms with Crippen LogP contribution in [0, 0.1) is 0 Å². The van der Waals surface area contributed by atoms with Crippen LogP contribution in [0.3, 0.4) is 0 Å². The van der Waals surface area contributed by atoms with E-state index in [-0.39, 0.29) is 13.2 Å². The van der Waals surface area contributed by atoms with Crippen molar-refractivity contribution in [3.8, 4) is 0 Å². The van der Waals surface area contributed by atoms with Gasteiger partial charge in [0.1, 0.15) is 13.2 Å². The number of carbonyl (C=O) groups excluding carboxylic acids is 2. The Balaban J connectivity index is 3.46. The predicted molar refractivity (Wildman–Crippen MR) is 55.3 cm³/mol. The fourth-order valence-corrected chi connectivity index (χ4v) is 0.598. The maximum absolute atomic E-state index is 10.9. The highest BCUT2D eigenvalue weighted by molar-refractivity contribution is 5.86. The highest BCUT2D eigenvalue weighted by Gasteiger charge is 2.03. The number of nitrogens with one attached hydrogen (secondary N) is 1. The standard InChI is InChI=1S/C10H15NO4/c1-4-5-11-10(13)15-7-6-14-9(12)8(2)3/h4H,1-2,5-7H2,3H3,(H,11,13). The summed E-state index contributed by atoms with van der Waals surface area (Å²) in [5, 5.41) is 2.41. The molecule has 0 heterocycles. The van der Waals surface area contributed by atoms with Gasteiger partial charge in [-0.15, -0.1) is 6.58 Å². The van der Waals surface area contributed by atoms with Gasteiger partial charge in [0, 0.05) is 12.1 Å². The Morgan fingerprint density at radius 3 is 2.47 bits per heavy atom. The molecule has 0 fully saturated rings. The minimum Gasteiger partial charge on any atom is -0.459 e. The molecule has 0 unspecified atom stereocenters. The van der Waals surface area contributed by atoms with Crippen molar-refractivity contribution in [3.63, 3.8) is 0 Å². The monoisotopic (exact) mass is 213 g/mol. The average Bonchev–Trinajstić information content (AvgIpc) is 2.20. The number of alkyl carbamates (subject to hydrolysis) is 1. The molecule has 1 N–H and O–H groups in total. The smallest absolute Gasteiger partial charge is 0.407 e. The van der Waals surface area contributed by atoms with E-state index in [2.05, 4.69) is 23.2 Å². The number of rotatable bonds is 6. The molecule has 0 aromatic heterocycles. The van der Waals surface area contributed by atoms with Crippen LogP contribution < -0.4 is 5.32 Å². The summed E-state index contributed by atoms with van der Waals surface area (Å²) < 4.78 is 9.36. The van der Waals surface area contributed by atoms with Gasteiger partial charge >= 0.3 is 12.1 Å². The topological polar surface area (TPSA) is 64.6 Å². The lowest BCUT2D eigenvalue weighted by atomic mass is 10.4. The van der Waals surface area contributed by atoms with Crippen molar-refractivity contribution in [1.29, 1.82) is 0 Å².